The highest BCUT2D eigenvalue weighted by atomic mass is 16.5. The highest BCUT2D eigenvalue weighted by Crippen LogP contribution is 2.44. The van der Waals surface area contributed by atoms with Crippen LogP contribution in [-0.4, -0.2) is 0 Å². The lowest BCUT2D eigenvalue weighted by molar-refractivity contribution is 0.255. The second-order valence-corrected chi connectivity index (χ2v) is 7.74. The van der Waals surface area contributed by atoms with E-state index in [9.17, 15) is 9.59 Å². The minimum atomic E-state index is -0.507. The van der Waals surface area contributed by atoms with Crippen molar-refractivity contribution in [2.75, 3.05) is 5.73 Å². The van der Waals surface area contributed by atoms with Crippen molar-refractivity contribution in [3.63, 3.8) is 0 Å². The number of fused-ring (bicyclic) bond motifs is 6. The van der Waals surface area contributed by atoms with Gasteiger partial charge in [-0.1, -0.05) is 31.5 Å². The largest absolute Gasteiger partial charge is 0.480 e. The molecule has 2 aromatic carbocycles. The second-order valence-electron chi connectivity index (χ2n) is 7.74. The maximum atomic E-state index is 12.9. The molecular weight excluding hydrogens is 394 g/mol. The Morgan fingerprint density at radius 1 is 1.03 bits per heavy atom. The number of nitrogens with two attached hydrogens (primary N) is 1. The predicted octanol–water partition coefficient (Wildman–Crippen LogP) is 4.89. The molecule has 156 valence electrons. The van der Waals surface area contributed by atoms with E-state index in [4.69, 9.17) is 19.3 Å². The Morgan fingerprint density at radius 2 is 1.84 bits per heavy atom. The van der Waals surface area contributed by atoms with Crippen molar-refractivity contribution < 1.29 is 13.6 Å². The Morgan fingerprint density at radius 3 is 2.61 bits per heavy atom. The van der Waals surface area contributed by atoms with Crippen molar-refractivity contribution in [3.05, 3.63) is 85.6 Å². The molecule has 1 aliphatic heterocycles. The highest BCUT2D eigenvalue weighted by molar-refractivity contribution is 6.10. The van der Waals surface area contributed by atoms with Gasteiger partial charge in [0.25, 0.3) is 0 Å². The van der Waals surface area contributed by atoms with E-state index in [1.54, 1.807) is 6.92 Å². The summed E-state index contributed by atoms with van der Waals surface area (Å²) in [5, 5.41) is 0.879. The first-order valence-electron chi connectivity index (χ1n) is 10.2. The number of aryl methyl sites for hydroxylation is 2. The van der Waals surface area contributed by atoms with Gasteiger partial charge in [0.1, 0.15) is 23.0 Å². The Kier molecular flexibility index (Phi) is 4.43. The summed E-state index contributed by atoms with van der Waals surface area (Å²) >= 11 is 0. The number of benzene rings is 2. The third kappa shape index (κ3) is 3.03. The highest BCUT2D eigenvalue weighted by Gasteiger charge is 2.28. The van der Waals surface area contributed by atoms with Gasteiger partial charge in [-0.05, 0) is 37.1 Å². The van der Waals surface area contributed by atoms with Gasteiger partial charge >= 0.3 is 5.63 Å². The Labute approximate surface area is 177 Å². The van der Waals surface area contributed by atoms with Crippen LogP contribution < -0.4 is 21.5 Å². The van der Waals surface area contributed by atoms with Crippen molar-refractivity contribution in [3.8, 4) is 5.75 Å². The molecule has 1 aliphatic rings. The smallest absolute Gasteiger partial charge is 0.336 e. The molecular formula is C25H21NO5. The number of nitrogen functional groups attached to an aromatic ring is 1. The molecule has 6 nitrogen and oxygen atoms in total. The van der Waals surface area contributed by atoms with Crippen molar-refractivity contribution >= 4 is 33.7 Å². The summed E-state index contributed by atoms with van der Waals surface area (Å²) in [6.45, 7) is 3.74. The number of para-hydroxylation sites is 1. The third-order valence-electron chi connectivity index (χ3n) is 5.56. The summed E-state index contributed by atoms with van der Waals surface area (Å²) in [5.41, 5.74) is 8.85. The van der Waals surface area contributed by atoms with Crippen LogP contribution in [0.15, 0.2) is 60.9 Å². The molecule has 4 aromatic rings. The Balaban J connectivity index is 1.91. The third-order valence-corrected chi connectivity index (χ3v) is 5.56. The van der Waals surface area contributed by atoms with Crippen LogP contribution in [0.2, 0.25) is 0 Å². The zero-order valence-electron chi connectivity index (χ0n) is 17.2. The van der Waals surface area contributed by atoms with Crippen LogP contribution in [0.3, 0.4) is 0 Å². The van der Waals surface area contributed by atoms with Gasteiger partial charge in [-0.15, -0.1) is 0 Å². The average molecular weight is 415 g/mol. The molecule has 0 saturated carbocycles. The van der Waals surface area contributed by atoms with E-state index in [0.29, 0.717) is 40.2 Å². The van der Waals surface area contributed by atoms with E-state index in [1.807, 2.05) is 43.3 Å². The number of anilines is 1. The first kappa shape index (κ1) is 19.2. The predicted molar refractivity (Wildman–Crippen MR) is 121 cm³/mol. The lowest BCUT2D eigenvalue weighted by Gasteiger charge is -2.25. The zero-order valence-corrected chi connectivity index (χ0v) is 17.2. The number of hydrogen-bond acceptors (Lipinski definition) is 6. The van der Waals surface area contributed by atoms with Gasteiger partial charge in [-0.2, -0.15) is 0 Å². The van der Waals surface area contributed by atoms with Gasteiger partial charge in [0.2, 0.25) is 0 Å². The Hall–Kier alpha value is -3.80. The molecule has 5 rings (SSSR count). The summed E-state index contributed by atoms with van der Waals surface area (Å²) in [5.74, 6) is 0.994. The van der Waals surface area contributed by atoms with Gasteiger partial charge in [-0.25, -0.2) is 4.79 Å². The SMILES string of the molecule is CCCc1cc(=O)oc2c1c1c(c3oc(C)cc(=O)c32)C=CC(c2ccccc2N)O1. The lowest BCUT2D eigenvalue weighted by atomic mass is 9.95. The molecule has 6 heteroatoms. The van der Waals surface area contributed by atoms with Crippen LogP contribution >= 0.6 is 0 Å². The fourth-order valence-corrected chi connectivity index (χ4v) is 4.25. The molecule has 0 bridgehead atoms. The van der Waals surface area contributed by atoms with Crippen LogP contribution in [0.4, 0.5) is 5.69 Å². The maximum absolute atomic E-state index is 12.9. The first-order valence-corrected chi connectivity index (χ1v) is 10.2. The van der Waals surface area contributed by atoms with Gasteiger partial charge < -0.3 is 19.3 Å². The fourth-order valence-electron chi connectivity index (χ4n) is 4.25. The van der Waals surface area contributed by atoms with Crippen LogP contribution in [0.1, 0.15) is 41.9 Å². The van der Waals surface area contributed by atoms with E-state index in [2.05, 4.69) is 0 Å². The van der Waals surface area contributed by atoms with Gasteiger partial charge in [0, 0.05) is 23.4 Å². The van der Waals surface area contributed by atoms with Crippen LogP contribution in [-0.2, 0) is 6.42 Å². The standard InChI is InChI=1S/C25H21NO5/c1-3-6-14-12-20(28)31-25-21(14)23-16(24-22(25)18(27)11-13(2)29-24)9-10-19(30-23)15-7-4-5-8-17(15)26/h4-5,7-12,19H,3,6,26H2,1-2H3. The topological polar surface area (TPSA) is 95.7 Å². The molecule has 0 radical (unpaired) electrons. The van der Waals surface area contributed by atoms with Crippen molar-refractivity contribution in [2.45, 2.75) is 32.8 Å². The molecule has 0 aliphatic carbocycles. The molecule has 1 atom stereocenters. The summed E-state index contributed by atoms with van der Waals surface area (Å²) in [4.78, 5) is 25.2. The monoisotopic (exact) mass is 415 g/mol. The van der Waals surface area contributed by atoms with Crippen molar-refractivity contribution in [1.29, 1.82) is 0 Å². The second kappa shape index (κ2) is 7.16. The number of ether oxygens (including phenoxy) is 1. The van der Waals surface area contributed by atoms with Gasteiger partial charge in [0.15, 0.2) is 16.6 Å². The molecule has 3 heterocycles. The summed E-state index contributed by atoms with van der Waals surface area (Å²) in [6.07, 6.45) is 4.81. The van der Waals surface area contributed by atoms with E-state index in [-0.39, 0.29) is 16.4 Å². The zero-order chi connectivity index (χ0) is 21.7. The molecule has 2 aromatic heterocycles. The summed E-state index contributed by atoms with van der Waals surface area (Å²) in [7, 11) is 0. The minimum absolute atomic E-state index is 0.202. The van der Waals surface area contributed by atoms with Crippen LogP contribution in [0, 0.1) is 6.92 Å². The molecule has 0 fully saturated rings. The van der Waals surface area contributed by atoms with Crippen molar-refractivity contribution in [1.82, 2.24) is 0 Å². The minimum Gasteiger partial charge on any atom is -0.480 e. The fraction of sp³-hybridized carbons (Fsp3) is 0.200. The quantitative estimate of drug-likeness (QED) is 0.291. The molecule has 0 amide bonds. The molecule has 1 unspecified atom stereocenters. The summed E-state index contributed by atoms with van der Waals surface area (Å²) in [6, 6.07) is 10.4. The number of rotatable bonds is 3. The van der Waals surface area contributed by atoms with Crippen molar-refractivity contribution in [2.24, 2.45) is 0 Å². The normalized spacial score (nSPS) is 15.2. The maximum Gasteiger partial charge on any atom is 0.336 e. The number of hydrogen-bond donors (Lipinski definition) is 1. The molecule has 0 saturated heterocycles. The Bertz CT molecular complexity index is 1490. The van der Waals surface area contributed by atoms with E-state index in [1.165, 1.54) is 12.1 Å². The van der Waals surface area contributed by atoms with Gasteiger partial charge in [-0.3, -0.25) is 4.79 Å². The first-order chi connectivity index (χ1) is 15.0. The average Bonchev–Trinajstić information content (AvgIpc) is 2.73. The van der Waals surface area contributed by atoms with Gasteiger partial charge in [0.05, 0.1) is 10.9 Å². The molecule has 31 heavy (non-hydrogen) atoms. The lowest BCUT2D eigenvalue weighted by Crippen LogP contribution is -2.14. The summed E-state index contributed by atoms with van der Waals surface area (Å²) < 4.78 is 17.9. The molecule has 2 N–H and O–H groups in total. The van der Waals surface area contributed by atoms with E-state index in [0.717, 1.165) is 17.5 Å². The van der Waals surface area contributed by atoms with E-state index >= 15 is 0 Å². The van der Waals surface area contributed by atoms with Crippen LogP contribution in [0.25, 0.3) is 28.0 Å². The van der Waals surface area contributed by atoms with E-state index < -0.39 is 11.7 Å². The molecule has 0 spiro atoms. The van der Waals surface area contributed by atoms with Crippen LogP contribution in [0.5, 0.6) is 5.75 Å².